The van der Waals surface area contributed by atoms with Gasteiger partial charge in [0.2, 0.25) is 0 Å². The molecule has 4 rings (SSSR count). The second kappa shape index (κ2) is 8.04. The van der Waals surface area contributed by atoms with Crippen molar-refractivity contribution in [1.82, 2.24) is 0 Å². The summed E-state index contributed by atoms with van der Waals surface area (Å²) in [7, 11) is -2.71. The van der Waals surface area contributed by atoms with E-state index in [-0.39, 0.29) is 5.56 Å². The maximum atomic E-state index is 14.7. The minimum atomic E-state index is -2.71. The number of halogens is 2. The molecule has 4 aromatic carbocycles. The van der Waals surface area contributed by atoms with Gasteiger partial charge in [0.25, 0.3) is 0 Å². The van der Waals surface area contributed by atoms with E-state index < -0.39 is 18.9 Å². The average Bonchev–Trinajstić information content (AvgIpc) is 2.76. The van der Waals surface area contributed by atoms with Gasteiger partial charge < -0.3 is 0 Å². The zero-order valence-corrected chi connectivity index (χ0v) is 16.4. The zero-order chi connectivity index (χ0) is 19.4. The molecule has 0 saturated heterocycles. The van der Waals surface area contributed by atoms with Crippen molar-refractivity contribution in [3.8, 4) is 0 Å². The van der Waals surface area contributed by atoms with Crippen LogP contribution in [0.5, 0.6) is 0 Å². The third kappa shape index (κ3) is 3.37. The van der Waals surface area contributed by atoms with Crippen LogP contribution in [0.3, 0.4) is 0 Å². The molecule has 0 nitrogen and oxygen atoms in total. The van der Waals surface area contributed by atoms with Crippen LogP contribution in [-0.4, -0.2) is 0 Å². The number of rotatable bonds is 5. The Bertz CT molecular complexity index is 931. The first-order valence-corrected chi connectivity index (χ1v) is 11.5. The van der Waals surface area contributed by atoms with Gasteiger partial charge in [-0.05, 0) is 0 Å². The molecule has 140 valence electrons. The normalized spacial score (nSPS) is 11.9. The van der Waals surface area contributed by atoms with Gasteiger partial charge in [0.1, 0.15) is 0 Å². The van der Waals surface area contributed by atoms with Gasteiger partial charge in [0.15, 0.2) is 0 Å². The van der Waals surface area contributed by atoms with Crippen LogP contribution in [0.4, 0.5) is 8.78 Å². The molecule has 0 radical (unpaired) electrons. The Morgan fingerprint density at radius 2 is 0.821 bits per heavy atom. The van der Waals surface area contributed by atoms with E-state index in [2.05, 4.69) is 36.4 Å². The van der Waals surface area contributed by atoms with E-state index in [1.165, 1.54) is 18.2 Å². The average molecular weight is 390 g/mol. The van der Waals surface area contributed by atoms with Crippen molar-refractivity contribution < 1.29 is 8.78 Å². The molecule has 0 heterocycles. The number of hydrogen-bond acceptors (Lipinski definition) is 0. The zero-order valence-electron chi connectivity index (χ0n) is 15.4. The van der Waals surface area contributed by atoms with Crippen molar-refractivity contribution >= 4 is 23.2 Å². The van der Waals surface area contributed by atoms with Crippen molar-refractivity contribution in [2.75, 3.05) is 0 Å². The summed E-state index contributed by atoms with van der Waals surface area (Å²) in [6, 6.07) is 34.6. The van der Waals surface area contributed by atoms with Gasteiger partial charge in [-0.1, -0.05) is 0 Å². The standard InChI is InChI=1S/C25H21F2P/c26-24-17-10-18-25(27)23(24)19-28(20-11-4-1-5-12-20,21-13-6-2-7-14-21)22-15-8-3-9-16-22/h1-18,28H,19H2. The topological polar surface area (TPSA) is 0 Å². The summed E-state index contributed by atoms with van der Waals surface area (Å²) in [6.45, 7) is 0. The van der Waals surface area contributed by atoms with Crippen molar-refractivity contribution in [2.45, 2.75) is 6.16 Å². The molecule has 0 unspecified atom stereocenters. The van der Waals surface area contributed by atoms with Gasteiger partial charge in [-0.3, -0.25) is 0 Å². The van der Waals surface area contributed by atoms with Gasteiger partial charge in [0, 0.05) is 0 Å². The third-order valence-electron chi connectivity index (χ3n) is 5.30. The van der Waals surface area contributed by atoms with E-state index in [4.69, 9.17) is 0 Å². The number of hydrogen-bond donors (Lipinski definition) is 0. The summed E-state index contributed by atoms with van der Waals surface area (Å²) in [5.41, 5.74) is 0.158. The summed E-state index contributed by atoms with van der Waals surface area (Å²) in [5.74, 6) is -0.973. The van der Waals surface area contributed by atoms with E-state index in [0.29, 0.717) is 6.16 Å². The molecule has 0 amide bonds. The molecular weight excluding hydrogens is 369 g/mol. The van der Waals surface area contributed by atoms with Crippen LogP contribution in [0.2, 0.25) is 0 Å². The Kier molecular flexibility index (Phi) is 5.32. The van der Waals surface area contributed by atoms with Gasteiger partial charge in [-0.25, -0.2) is 0 Å². The first-order chi connectivity index (χ1) is 13.7. The number of benzene rings is 4. The van der Waals surface area contributed by atoms with E-state index in [0.717, 1.165) is 15.9 Å². The third-order valence-corrected chi connectivity index (χ3v) is 10.1. The summed E-state index contributed by atoms with van der Waals surface area (Å²) >= 11 is 0. The molecule has 0 aliphatic rings. The molecule has 0 spiro atoms. The van der Waals surface area contributed by atoms with E-state index in [1.54, 1.807) is 0 Å². The van der Waals surface area contributed by atoms with Crippen molar-refractivity contribution in [3.63, 3.8) is 0 Å². The Morgan fingerprint density at radius 3 is 1.18 bits per heavy atom. The maximum absolute atomic E-state index is 14.7. The Labute approximate surface area is 164 Å². The van der Waals surface area contributed by atoms with Crippen molar-refractivity contribution in [2.24, 2.45) is 0 Å². The van der Waals surface area contributed by atoms with Crippen LogP contribution < -0.4 is 15.9 Å². The Hall–Kier alpha value is -2.83. The van der Waals surface area contributed by atoms with E-state index in [9.17, 15) is 8.78 Å². The van der Waals surface area contributed by atoms with Crippen LogP contribution in [0.1, 0.15) is 5.56 Å². The van der Waals surface area contributed by atoms with Gasteiger partial charge in [0.05, 0.1) is 0 Å². The summed E-state index contributed by atoms with van der Waals surface area (Å²) in [4.78, 5) is 0. The Balaban J connectivity index is 2.04. The molecule has 0 aromatic heterocycles. The fourth-order valence-corrected chi connectivity index (χ4v) is 8.71. The van der Waals surface area contributed by atoms with Crippen LogP contribution in [-0.2, 0) is 6.16 Å². The quantitative estimate of drug-likeness (QED) is 0.412. The molecule has 0 aliphatic heterocycles. The molecule has 4 aromatic rings. The van der Waals surface area contributed by atoms with E-state index in [1.807, 2.05) is 54.6 Å². The van der Waals surface area contributed by atoms with Crippen LogP contribution >= 0.6 is 7.26 Å². The molecule has 0 bridgehead atoms. The first kappa shape index (κ1) is 18.5. The fraction of sp³-hybridized carbons (Fsp3) is 0.0400. The molecule has 0 aliphatic carbocycles. The van der Waals surface area contributed by atoms with Crippen molar-refractivity contribution in [3.05, 3.63) is 126 Å². The summed E-state index contributed by atoms with van der Waals surface area (Å²) < 4.78 is 29.4. The molecular formula is C25H21F2P. The van der Waals surface area contributed by atoms with Gasteiger partial charge in [-0.15, -0.1) is 0 Å². The van der Waals surface area contributed by atoms with E-state index >= 15 is 0 Å². The summed E-state index contributed by atoms with van der Waals surface area (Å²) in [6.07, 6.45) is 0.323. The molecule has 0 N–H and O–H groups in total. The second-order valence-corrected chi connectivity index (χ2v) is 10.8. The van der Waals surface area contributed by atoms with Crippen LogP contribution in [0.15, 0.2) is 109 Å². The second-order valence-electron chi connectivity index (χ2n) is 6.88. The van der Waals surface area contributed by atoms with Gasteiger partial charge >= 0.3 is 165 Å². The summed E-state index contributed by atoms with van der Waals surface area (Å²) in [5, 5.41) is 3.40. The molecule has 0 fully saturated rings. The predicted octanol–water partition coefficient (Wildman–Crippen LogP) is 5.19. The Morgan fingerprint density at radius 1 is 0.464 bits per heavy atom. The first-order valence-electron chi connectivity index (χ1n) is 9.31. The van der Waals surface area contributed by atoms with Gasteiger partial charge in [-0.2, -0.15) is 0 Å². The monoisotopic (exact) mass is 390 g/mol. The molecule has 0 atom stereocenters. The minimum absolute atomic E-state index is 0.158. The predicted molar refractivity (Wildman–Crippen MR) is 117 cm³/mol. The molecule has 28 heavy (non-hydrogen) atoms. The molecule has 3 heteroatoms. The van der Waals surface area contributed by atoms with Crippen molar-refractivity contribution in [1.29, 1.82) is 0 Å². The molecule has 0 saturated carbocycles. The van der Waals surface area contributed by atoms with Crippen LogP contribution in [0.25, 0.3) is 0 Å². The van der Waals surface area contributed by atoms with Crippen LogP contribution in [0, 0.1) is 11.6 Å². The SMILES string of the molecule is Fc1cccc(F)c1C[PH](c1ccccc1)(c1ccccc1)c1ccccc1. The fourth-order valence-electron chi connectivity index (χ4n) is 3.94.